The fraction of sp³-hybridized carbons (Fsp3) is 0.556. The highest BCUT2D eigenvalue weighted by atomic mass is 32.1. The molecule has 1 atom stereocenters. The second-order valence-electron chi connectivity index (χ2n) is 2.71. The highest BCUT2D eigenvalue weighted by Crippen LogP contribution is 2.18. The van der Waals surface area contributed by atoms with Crippen LogP contribution in [0.3, 0.4) is 0 Å². The van der Waals surface area contributed by atoms with Gasteiger partial charge in [-0.15, -0.1) is 0 Å². The first kappa shape index (κ1) is 9.71. The van der Waals surface area contributed by atoms with Crippen LogP contribution in [0.15, 0.2) is 16.8 Å². The van der Waals surface area contributed by atoms with Crippen molar-refractivity contribution in [3.8, 4) is 0 Å². The minimum Gasteiger partial charge on any atom is -0.388 e. The summed E-state index contributed by atoms with van der Waals surface area (Å²) < 4.78 is 0. The van der Waals surface area contributed by atoms with Crippen molar-refractivity contribution in [1.82, 2.24) is 5.32 Å². The maximum Gasteiger partial charge on any atom is 0.0810 e. The Bertz CT molecular complexity index is 198. The molecule has 1 aromatic heterocycles. The highest BCUT2D eigenvalue weighted by molar-refractivity contribution is 7.07. The van der Waals surface area contributed by atoms with E-state index in [4.69, 9.17) is 0 Å². The van der Waals surface area contributed by atoms with Gasteiger partial charge < -0.3 is 10.4 Å². The smallest absolute Gasteiger partial charge is 0.0810 e. The first-order valence-electron chi connectivity index (χ1n) is 4.25. The zero-order valence-electron chi connectivity index (χ0n) is 7.29. The number of nitrogens with one attached hydrogen (secondary N) is 1. The van der Waals surface area contributed by atoms with Gasteiger partial charge in [0.05, 0.1) is 6.10 Å². The summed E-state index contributed by atoms with van der Waals surface area (Å²) in [5.74, 6) is 0. The van der Waals surface area contributed by atoms with Gasteiger partial charge in [-0.3, -0.25) is 0 Å². The second kappa shape index (κ2) is 5.30. The Labute approximate surface area is 77.2 Å². The minimum absolute atomic E-state index is 0.296. The number of thiophene rings is 1. The molecule has 0 aliphatic carbocycles. The lowest BCUT2D eigenvalue weighted by Gasteiger charge is -2.08. The third kappa shape index (κ3) is 2.93. The molecule has 2 nitrogen and oxygen atoms in total. The molecule has 1 rings (SSSR count). The van der Waals surface area contributed by atoms with Gasteiger partial charge in [0.1, 0.15) is 0 Å². The van der Waals surface area contributed by atoms with Gasteiger partial charge in [0.25, 0.3) is 0 Å². The molecule has 0 saturated carbocycles. The summed E-state index contributed by atoms with van der Waals surface area (Å²) in [6, 6.07) is 1.97. The lowest BCUT2D eigenvalue weighted by molar-refractivity contribution is 0.167. The Morgan fingerprint density at radius 3 is 3.08 bits per heavy atom. The summed E-state index contributed by atoms with van der Waals surface area (Å²) >= 11 is 1.63. The van der Waals surface area contributed by atoms with Gasteiger partial charge in [0.15, 0.2) is 0 Å². The van der Waals surface area contributed by atoms with Crippen molar-refractivity contribution in [2.45, 2.75) is 19.4 Å². The molecular weight excluding hydrogens is 170 g/mol. The fourth-order valence-corrected chi connectivity index (χ4v) is 1.75. The highest BCUT2D eigenvalue weighted by Gasteiger charge is 2.05. The van der Waals surface area contributed by atoms with Crippen LogP contribution in [0.4, 0.5) is 0 Å². The third-order valence-electron chi connectivity index (χ3n) is 1.77. The minimum atomic E-state index is -0.296. The number of rotatable bonds is 5. The van der Waals surface area contributed by atoms with Crippen molar-refractivity contribution in [1.29, 1.82) is 0 Å². The van der Waals surface area contributed by atoms with Crippen molar-refractivity contribution >= 4 is 11.3 Å². The molecule has 1 heterocycles. The number of aliphatic hydroxyl groups excluding tert-OH is 1. The van der Waals surface area contributed by atoms with Gasteiger partial charge in [-0.2, -0.15) is 11.3 Å². The zero-order valence-corrected chi connectivity index (χ0v) is 8.10. The van der Waals surface area contributed by atoms with E-state index in [0.29, 0.717) is 0 Å². The summed E-state index contributed by atoms with van der Waals surface area (Å²) in [6.07, 6.45) is 0.500. The van der Waals surface area contributed by atoms with E-state index < -0.39 is 0 Å². The molecule has 0 spiro atoms. The molecule has 0 fully saturated rings. The van der Waals surface area contributed by atoms with E-state index in [-0.39, 0.29) is 6.10 Å². The van der Waals surface area contributed by atoms with Crippen LogP contribution in [0.5, 0.6) is 0 Å². The predicted octanol–water partition coefficient (Wildman–Crippen LogP) is 1.78. The van der Waals surface area contributed by atoms with E-state index >= 15 is 0 Å². The number of aliphatic hydroxyl groups is 1. The molecule has 2 N–H and O–H groups in total. The van der Waals surface area contributed by atoms with Crippen LogP contribution in [0, 0.1) is 0 Å². The van der Waals surface area contributed by atoms with Crippen molar-refractivity contribution in [3.63, 3.8) is 0 Å². The third-order valence-corrected chi connectivity index (χ3v) is 2.47. The standard InChI is InChI=1S/C9H15NOS/c1-2-10-5-3-9(11)8-4-6-12-7-8/h4,6-7,9-11H,2-3,5H2,1H3/t9-/m1/s1. The monoisotopic (exact) mass is 185 g/mol. The number of hydrogen-bond acceptors (Lipinski definition) is 3. The summed E-state index contributed by atoms with van der Waals surface area (Å²) in [7, 11) is 0. The van der Waals surface area contributed by atoms with Gasteiger partial charge in [-0.1, -0.05) is 6.92 Å². The van der Waals surface area contributed by atoms with Crippen molar-refractivity contribution < 1.29 is 5.11 Å². The topological polar surface area (TPSA) is 32.3 Å². The summed E-state index contributed by atoms with van der Waals surface area (Å²) in [5.41, 5.74) is 1.04. The van der Waals surface area contributed by atoms with Gasteiger partial charge in [0.2, 0.25) is 0 Å². The molecular formula is C9H15NOS. The van der Waals surface area contributed by atoms with E-state index in [1.54, 1.807) is 11.3 Å². The van der Waals surface area contributed by atoms with Crippen LogP contribution >= 0.6 is 11.3 Å². The van der Waals surface area contributed by atoms with Gasteiger partial charge in [-0.25, -0.2) is 0 Å². The van der Waals surface area contributed by atoms with Gasteiger partial charge >= 0.3 is 0 Å². The molecule has 0 radical (unpaired) electrons. The van der Waals surface area contributed by atoms with Gasteiger partial charge in [-0.05, 0) is 41.9 Å². The maximum atomic E-state index is 9.60. The quantitative estimate of drug-likeness (QED) is 0.685. The van der Waals surface area contributed by atoms with Crippen LogP contribution in [-0.4, -0.2) is 18.2 Å². The van der Waals surface area contributed by atoms with Crippen LogP contribution in [-0.2, 0) is 0 Å². The molecule has 12 heavy (non-hydrogen) atoms. The van der Waals surface area contributed by atoms with Crippen LogP contribution in [0.1, 0.15) is 25.0 Å². The SMILES string of the molecule is CCNCC[C@@H](O)c1ccsc1. The van der Waals surface area contributed by atoms with Crippen molar-refractivity contribution in [2.24, 2.45) is 0 Å². The Morgan fingerprint density at radius 2 is 2.50 bits per heavy atom. The molecule has 0 saturated heterocycles. The van der Waals surface area contributed by atoms with Crippen molar-refractivity contribution in [2.75, 3.05) is 13.1 Å². The first-order valence-corrected chi connectivity index (χ1v) is 5.19. The molecule has 68 valence electrons. The zero-order chi connectivity index (χ0) is 8.81. The van der Waals surface area contributed by atoms with Crippen molar-refractivity contribution in [3.05, 3.63) is 22.4 Å². The molecule has 0 aliphatic rings. The van der Waals surface area contributed by atoms with E-state index in [9.17, 15) is 5.11 Å². The Hall–Kier alpha value is -0.380. The lowest BCUT2D eigenvalue weighted by Crippen LogP contribution is -2.16. The maximum absolute atomic E-state index is 9.60. The molecule has 0 aliphatic heterocycles. The average molecular weight is 185 g/mol. The van der Waals surface area contributed by atoms with E-state index in [0.717, 1.165) is 25.1 Å². The van der Waals surface area contributed by atoms with E-state index in [1.807, 2.05) is 16.8 Å². The van der Waals surface area contributed by atoms with Crippen LogP contribution in [0.2, 0.25) is 0 Å². The fourth-order valence-electron chi connectivity index (χ4n) is 1.05. The Morgan fingerprint density at radius 1 is 1.67 bits per heavy atom. The first-order chi connectivity index (χ1) is 5.84. The molecule has 0 unspecified atom stereocenters. The Kier molecular flexibility index (Phi) is 4.29. The normalized spacial score (nSPS) is 13.2. The predicted molar refractivity (Wildman–Crippen MR) is 52.4 cm³/mol. The molecule has 3 heteroatoms. The van der Waals surface area contributed by atoms with E-state index in [1.165, 1.54) is 0 Å². The van der Waals surface area contributed by atoms with Crippen LogP contribution in [0.25, 0.3) is 0 Å². The number of hydrogen-bond donors (Lipinski definition) is 2. The summed E-state index contributed by atoms with van der Waals surface area (Å²) in [4.78, 5) is 0. The Balaban J connectivity index is 2.25. The van der Waals surface area contributed by atoms with E-state index in [2.05, 4.69) is 12.2 Å². The average Bonchev–Trinajstić information content (AvgIpc) is 2.56. The summed E-state index contributed by atoms with van der Waals surface area (Å²) in [6.45, 7) is 3.92. The summed E-state index contributed by atoms with van der Waals surface area (Å²) in [5, 5.41) is 16.8. The molecule has 0 aromatic carbocycles. The van der Waals surface area contributed by atoms with Gasteiger partial charge in [0, 0.05) is 0 Å². The second-order valence-corrected chi connectivity index (χ2v) is 3.49. The largest absolute Gasteiger partial charge is 0.388 e. The lowest BCUT2D eigenvalue weighted by atomic mass is 10.1. The molecule has 1 aromatic rings. The molecule has 0 bridgehead atoms. The van der Waals surface area contributed by atoms with Crippen LogP contribution < -0.4 is 5.32 Å². The molecule has 0 amide bonds.